The van der Waals surface area contributed by atoms with Gasteiger partial charge in [0.2, 0.25) is 0 Å². The molecule has 0 aliphatic rings. The third kappa shape index (κ3) is 3.58. The predicted octanol–water partition coefficient (Wildman–Crippen LogP) is 5.06. The Hall–Kier alpha value is -1.87. The van der Waals surface area contributed by atoms with Gasteiger partial charge in [0.1, 0.15) is 0 Å². The summed E-state index contributed by atoms with van der Waals surface area (Å²) in [7, 11) is 0. The summed E-state index contributed by atoms with van der Waals surface area (Å²) < 4.78 is 0. The fourth-order valence-corrected chi connectivity index (χ4v) is 2.91. The van der Waals surface area contributed by atoms with Gasteiger partial charge in [0.15, 0.2) is 0 Å². The lowest BCUT2D eigenvalue weighted by molar-refractivity contribution is 0.102. The van der Waals surface area contributed by atoms with E-state index in [1.165, 1.54) is 5.57 Å². The maximum atomic E-state index is 12.2. The van der Waals surface area contributed by atoms with Crippen molar-refractivity contribution in [2.45, 2.75) is 20.8 Å². The Bertz CT molecular complexity index is 611. The SMILES string of the molecule is C/C(=C\C(C)C)c1sccc1NC(=O)c1ccccc1. The molecule has 1 aromatic heterocycles. The summed E-state index contributed by atoms with van der Waals surface area (Å²) in [6.07, 6.45) is 2.21. The van der Waals surface area contributed by atoms with Gasteiger partial charge < -0.3 is 5.32 Å². The molecule has 0 bridgehead atoms. The summed E-state index contributed by atoms with van der Waals surface area (Å²) in [5.41, 5.74) is 2.77. The van der Waals surface area contributed by atoms with E-state index >= 15 is 0 Å². The first-order valence-corrected chi connectivity index (χ1v) is 7.58. The minimum Gasteiger partial charge on any atom is -0.321 e. The molecular weight excluding hydrogens is 266 g/mol. The molecule has 0 saturated heterocycles. The molecule has 104 valence electrons. The Morgan fingerprint density at radius 3 is 2.55 bits per heavy atom. The molecule has 1 heterocycles. The van der Waals surface area contributed by atoms with Crippen molar-refractivity contribution in [2.75, 3.05) is 5.32 Å². The molecule has 0 aliphatic carbocycles. The predicted molar refractivity (Wildman–Crippen MR) is 87.2 cm³/mol. The lowest BCUT2D eigenvalue weighted by Gasteiger charge is -2.08. The lowest BCUT2D eigenvalue weighted by atomic mass is 10.1. The van der Waals surface area contributed by atoms with Crippen molar-refractivity contribution in [1.29, 1.82) is 0 Å². The van der Waals surface area contributed by atoms with Crippen LogP contribution in [0, 0.1) is 5.92 Å². The highest BCUT2D eigenvalue weighted by Gasteiger charge is 2.11. The first-order chi connectivity index (χ1) is 9.58. The van der Waals surface area contributed by atoms with Crippen LogP contribution < -0.4 is 5.32 Å². The molecule has 2 rings (SSSR count). The average molecular weight is 285 g/mol. The Morgan fingerprint density at radius 2 is 1.90 bits per heavy atom. The van der Waals surface area contributed by atoms with Crippen LogP contribution in [0.5, 0.6) is 0 Å². The number of carbonyl (C=O) groups is 1. The van der Waals surface area contributed by atoms with Crippen molar-refractivity contribution < 1.29 is 4.79 Å². The van der Waals surface area contributed by atoms with E-state index in [0.717, 1.165) is 10.6 Å². The lowest BCUT2D eigenvalue weighted by Crippen LogP contribution is -2.11. The number of hydrogen-bond acceptors (Lipinski definition) is 2. The highest BCUT2D eigenvalue weighted by molar-refractivity contribution is 7.11. The molecule has 1 aromatic carbocycles. The Morgan fingerprint density at radius 1 is 1.20 bits per heavy atom. The van der Waals surface area contributed by atoms with Crippen molar-refractivity contribution in [3.63, 3.8) is 0 Å². The summed E-state index contributed by atoms with van der Waals surface area (Å²) >= 11 is 1.65. The first kappa shape index (κ1) is 14.5. The zero-order valence-corrected chi connectivity index (χ0v) is 12.8. The fraction of sp³-hybridized carbons (Fsp3) is 0.235. The van der Waals surface area contributed by atoms with Gasteiger partial charge in [-0.2, -0.15) is 0 Å². The third-order valence-corrected chi connectivity index (χ3v) is 3.94. The second-order valence-corrected chi connectivity index (χ2v) is 5.99. The number of anilines is 1. The number of rotatable bonds is 4. The van der Waals surface area contributed by atoms with Crippen LogP contribution in [0.3, 0.4) is 0 Å². The van der Waals surface area contributed by atoms with Gasteiger partial charge in [0, 0.05) is 5.56 Å². The fourth-order valence-electron chi connectivity index (χ4n) is 2.07. The van der Waals surface area contributed by atoms with Crippen LogP contribution in [-0.2, 0) is 0 Å². The van der Waals surface area contributed by atoms with E-state index < -0.39 is 0 Å². The number of thiophene rings is 1. The summed E-state index contributed by atoms with van der Waals surface area (Å²) in [6.45, 7) is 6.39. The largest absolute Gasteiger partial charge is 0.321 e. The van der Waals surface area contributed by atoms with Crippen LogP contribution in [0.1, 0.15) is 36.0 Å². The van der Waals surface area contributed by atoms with Crippen molar-refractivity contribution in [2.24, 2.45) is 5.92 Å². The van der Waals surface area contributed by atoms with Crippen molar-refractivity contribution in [3.8, 4) is 0 Å². The number of amides is 1. The van der Waals surface area contributed by atoms with Crippen molar-refractivity contribution in [1.82, 2.24) is 0 Å². The van der Waals surface area contributed by atoms with Crippen LogP contribution in [0.15, 0.2) is 47.9 Å². The van der Waals surface area contributed by atoms with E-state index in [1.807, 2.05) is 41.8 Å². The summed E-state index contributed by atoms with van der Waals surface area (Å²) in [4.78, 5) is 13.3. The zero-order chi connectivity index (χ0) is 14.5. The molecule has 3 heteroatoms. The maximum absolute atomic E-state index is 12.2. The standard InChI is InChI=1S/C17H19NOS/c1-12(2)11-13(3)16-15(9-10-20-16)18-17(19)14-7-5-4-6-8-14/h4-12H,1-3H3,(H,18,19)/b13-11+. The van der Waals surface area contributed by atoms with Gasteiger partial charge in [0.25, 0.3) is 5.91 Å². The topological polar surface area (TPSA) is 29.1 Å². The molecule has 2 aromatic rings. The van der Waals surface area contributed by atoms with Gasteiger partial charge in [-0.1, -0.05) is 38.1 Å². The van der Waals surface area contributed by atoms with Crippen LogP contribution in [-0.4, -0.2) is 5.91 Å². The highest BCUT2D eigenvalue weighted by Crippen LogP contribution is 2.30. The minimum atomic E-state index is -0.0670. The normalized spacial score (nSPS) is 11.7. The van der Waals surface area contributed by atoms with Gasteiger partial charge in [-0.3, -0.25) is 4.79 Å². The van der Waals surface area contributed by atoms with Gasteiger partial charge in [-0.25, -0.2) is 0 Å². The second-order valence-electron chi connectivity index (χ2n) is 5.08. The maximum Gasteiger partial charge on any atom is 0.255 e. The van der Waals surface area contributed by atoms with Gasteiger partial charge in [0.05, 0.1) is 10.6 Å². The molecule has 0 aliphatic heterocycles. The molecule has 0 radical (unpaired) electrons. The number of hydrogen-bond donors (Lipinski definition) is 1. The van der Waals surface area contributed by atoms with Gasteiger partial charge in [-0.05, 0) is 42.0 Å². The van der Waals surface area contributed by atoms with Crippen molar-refractivity contribution in [3.05, 3.63) is 58.3 Å². The number of allylic oxidation sites excluding steroid dienone is 2. The Balaban J connectivity index is 2.20. The van der Waals surface area contributed by atoms with E-state index in [2.05, 4.69) is 32.2 Å². The van der Waals surface area contributed by atoms with Crippen LogP contribution in [0.25, 0.3) is 5.57 Å². The molecule has 1 N–H and O–H groups in total. The monoisotopic (exact) mass is 285 g/mol. The number of carbonyl (C=O) groups excluding carboxylic acids is 1. The van der Waals surface area contributed by atoms with E-state index in [0.29, 0.717) is 11.5 Å². The summed E-state index contributed by atoms with van der Waals surface area (Å²) in [6, 6.07) is 11.2. The van der Waals surface area contributed by atoms with E-state index in [1.54, 1.807) is 11.3 Å². The second kappa shape index (κ2) is 6.53. The summed E-state index contributed by atoms with van der Waals surface area (Å²) in [5.74, 6) is 0.428. The molecule has 0 saturated carbocycles. The van der Waals surface area contributed by atoms with Crippen LogP contribution >= 0.6 is 11.3 Å². The molecule has 1 amide bonds. The Labute approximate surface area is 124 Å². The van der Waals surface area contributed by atoms with Gasteiger partial charge in [-0.15, -0.1) is 11.3 Å². The highest BCUT2D eigenvalue weighted by atomic mass is 32.1. The molecule has 0 fully saturated rings. The van der Waals surface area contributed by atoms with Crippen LogP contribution in [0.4, 0.5) is 5.69 Å². The first-order valence-electron chi connectivity index (χ1n) is 6.70. The van der Waals surface area contributed by atoms with Crippen LogP contribution in [0.2, 0.25) is 0 Å². The van der Waals surface area contributed by atoms with Crippen molar-refractivity contribution >= 4 is 28.5 Å². The smallest absolute Gasteiger partial charge is 0.255 e. The number of nitrogens with one attached hydrogen (secondary N) is 1. The zero-order valence-electron chi connectivity index (χ0n) is 12.0. The molecule has 20 heavy (non-hydrogen) atoms. The van der Waals surface area contributed by atoms with E-state index in [9.17, 15) is 4.79 Å². The third-order valence-electron chi connectivity index (χ3n) is 2.89. The molecule has 0 spiro atoms. The molecule has 0 atom stereocenters. The molecule has 0 unspecified atom stereocenters. The number of benzene rings is 1. The summed E-state index contributed by atoms with van der Waals surface area (Å²) in [5, 5.41) is 5.00. The molecule has 2 nitrogen and oxygen atoms in total. The Kier molecular flexibility index (Phi) is 4.74. The van der Waals surface area contributed by atoms with E-state index in [4.69, 9.17) is 0 Å². The van der Waals surface area contributed by atoms with E-state index in [-0.39, 0.29) is 5.91 Å². The minimum absolute atomic E-state index is 0.0670. The van der Waals surface area contributed by atoms with Gasteiger partial charge >= 0.3 is 0 Å². The molecular formula is C17H19NOS. The average Bonchev–Trinajstić information content (AvgIpc) is 2.87. The quantitative estimate of drug-likeness (QED) is 0.835.